The SMILES string of the molecule is O=C(CSc1nnc(-c2ccncc2)n1C1CC1)c1ccc(NC(=O)c2ccccc2)cc1. The summed E-state index contributed by atoms with van der Waals surface area (Å²) in [7, 11) is 0. The van der Waals surface area contributed by atoms with Gasteiger partial charge in [-0.25, -0.2) is 0 Å². The number of Topliss-reactive ketones (excluding diaryl/α,β-unsaturated/α-hetero) is 1. The lowest BCUT2D eigenvalue weighted by atomic mass is 10.1. The van der Waals surface area contributed by atoms with E-state index < -0.39 is 0 Å². The summed E-state index contributed by atoms with van der Waals surface area (Å²) >= 11 is 1.40. The Bertz CT molecular complexity index is 1270. The van der Waals surface area contributed by atoms with Crippen LogP contribution in [-0.4, -0.2) is 37.2 Å². The lowest BCUT2D eigenvalue weighted by Gasteiger charge is -2.09. The van der Waals surface area contributed by atoms with Gasteiger partial charge in [0.05, 0.1) is 5.75 Å². The number of aromatic nitrogens is 4. The molecular formula is C25H21N5O2S. The van der Waals surface area contributed by atoms with Gasteiger partial charge in [0.1, 0.15) is 0 Å². The number of thioether (sulfide) groups is 1. The Morgan fingerprint density at radius 3 is 2.33 bits per heavy atom. The number of carbonyl (C=O) groups is 2. The van der Waals surface area contributed by atoms with E-state index in [2.05, 4.69) is 25.1 Å². The number of ketones is 1. The second kappa shape index (κ2) is 9.38. The zero-order valence-electron chi connectivity index (χ0n) is 17.7. The van der Waals surface area contributed by atoms with E-state index in [4.69, 9.17) is 0 Å². The summed E-state index contributed by atoms with van der Waals surface area (Å²) in [5, 5.41) is 12.3. The Balaban J connectivity index is 1.24. The van der Waals surface area contributed by atoms with Crippen LogP contribution in [0.3, 0.4) is 0 Å². The molecule has 4 aromatic rings. The van der Waals surface area contributed by atoms with E-state index in [0.29, 0.717) is 22.9 Å². The number of rotatable bonds is 8. The van der Waals surface area contributed by atoms with Gasteiger partial charge in [-0.2, -0.15) is 0 Å². The van der Waals surface area contributed by atoms with Gasteiger partial charge in [0.2, 0.25) is 0 Å². The predicted molar refractivity (Wildman–Crippen MR) is 127 cm³/mol. The maximum absolute atomic E-state index is 12.8. The largest absolute Gasteiger partial charge is 0.322 e. The highest BCUT2D eigenvalue weighted by atomic mass is 32.2. The van der Waals surface area contributed by atoms with Crippen molar-refractivity contribution in [2.24, 2.45) is 0 Å². The van der Waals surface area contributed by atoms with Crippen molar-refractivity contribution < 1.29 is 9.59 Å². The predicted octanol–water partition coefficient (Wildman–Crippen LogP) is 4.90. The summed E-state index contributed by atoms with van der Waals surface area (Å²) in [4.78, 5) is 29.1. The first-order chi connectivity index (χ1) is 16.2. The fraction of sp³-hybridized carbons (Fsp3) is 0.160. The van der Waals surface area contributed by atoms with Gasteiger partial charge in [-0.1, -0.05) is 30.0 Å². The van der Waals surface area contributed by atoms with Gasteiger partial charge in [-0.05, 0) is 61.4 Å². The summed E-state index contributed by atoms with van der Waals surface area (Å²) in [5.74, 6) is 0.886. The smallest absolute Gasteiger partial charge is 0.255 e. The van der Waals surface area contributed by atoms with E-state index in [1.807, 2.05) is 30.3 Å². The number of hydrogen-bond donors (Lipinski definition) is 1. The molecule has 1 amide bonds. The Morgan fingerprint density at radius 1 is 0.909 bits per heavy atom. The molecule has 2 aromatic heterocycles. The van der Waals surface area contributed by atoms with Crippen molar-refractivity contribution in [3.63, 3.8) is 0 Å². The summed E-state index contributed by atoms with van der Waals surface area (Å²) in [5.41, 5.74) is 2.78. The van der Waals surface area contributed by atoms with Gasteiger partial charge >= 0.3 is 0 Å². The lowest BCUT2D eigenvalue weighted by Crippen LogP contribution is -2.12. The average Bonchev–Trinajstić information content (AvgIpc) is 3.62. The minimum absolute atomic E-state index is 0.00301. The molecule has 2 aromatic carbocycles. The molecule has 0 bridgehead atoms. The highest BCUT2D eigenvalue weighted by Crippen LogP contribution is 2.41. The zero-order chi connectivity index (χ0) is 22.6. The number of hydrogen-bond acceptors (Lipinski definition) is 6. The van der Waals surface area contributed by atoms with Gasteiger partial charge in [-0.15, -0.1) is 10.2 Å². The third-order valence-corrected chi connectivity index (χ3v) is 6.29. The summed E-state index contributed by atoms with van der Waals surface area (Å²) in [6.07, 6.45) is 5.66. The lowest BCUT2D eigenvalue weighted by molar-refractivity contribution is 0.101. The number of benzene rings is 2. The van der Waals surface area contributed by atoms with Crippen molar-refractivity contribution in [1.29, 1.82) is 0 Å². The number of amides is 1. The molecule has 164 valence electrons. The molecule has 0 saturated heterocycles. The van der Waals surface area contributed by atoms with E-state index in [9.17, 15) is 9.59 Å². The van der Waals surface area contributed by atoms with Crippen LogP contribution >= 0.6 is 11.8 Å². The first-order valence-electron chi connectivity index (χ1n) is 10.7. The third-order valence-electron chi connectivity index (χ3n) is 5.35. The van der Waals surface area contributed by atoms with Crippen molar-refractivity contribution in [2.45, 2.75) is 24.0 Å². The maximum atomic E-state index is 12.8. The number of anilines is 1. The van der Waals surface area contributed by atoms with Crippen molar-refractivity contribution in [1.82, 2.24) is 19.7 Å². The molecule has 7 nitrogen and oxygen atoms in total. The molecule has 1 fully saturated rings. The second-order valence-corrected chi connectivity index (χ2v) is 8.70. The first-order valence-corrected chi connectivity index (χ1v) is 11.7. The molecule has 0 aliphatic heterocycles. The first kappa shape index (κ1) is 21.1. The number of pyridine rings is 1. The van der Waals surface area contributed by atoms with Crippen LogP contribution in [0.4, 0.5) is 5.69 Å². The Labute approximate surface area is 195 Å². The Kier molecular flexibility index (Phi) is 5.99. The molecule has 5 rings (SSSR count). The summed E-state index contributed by atoms with van der Waals surface area (Å²) < 4.78 is 2.13. The quantitative estimate of drug-likeness (QED) is 0.300. The van der Waals surface area contributed by atoms with E-state index in [1.165, 1.54) is 11.8 Å². The van der Waals surface area contributed by atoms with Crippen molar-refractivity contribution in [3.05, 3.63) is 90.3 Å². The number of nitrogens with one attached hydrogen (secondary N) is 1. The van der Waals surface area contributed by atoms with E-state index in [1.54, 1.807) is 48.8 Å². The van der Waals surface area contributed by atoms with Crippen LogP contribution in [0, 0.1) is 0 Å². The third kappa shape index (κ3) is 4.85. The topological polar surface area (TPSA) is 89.8 Å². The number of carbonyl (C=O) groups excluding carboxylic acids is 2. The molecule has 0 atom stereocenters. The molecule has 33 heavy (non-hydrogen) atoms. The molecular weight excluding hydrogens is 434 g/mol. The van der Waals surface area contributed by atoms with Crippen LogP contribution in [0.25, 0.3) is 11.4 Å². The van der Waals surface area contributed by atoms with Gasteiger partial charge in [-0.3, -0.25) is 19.1 Å². The molecule has 2 heterocycles. The van der Waals surface area contributed by atoms with E-state index in [0.717, 1.165) is 29.4 Å². The average molecular weight is 456 g/mol. The van der Waals surface area contributed by atoms with Gasteiger partial charge < -0.3 is 5.32 Å². The molecule has 0 radical (unpaired) electrons. The fourth-order valence-electron chi connectivity index (χ4n) is 3.48. The minimum Gasteiger partial charge on any atom is -0.322 e. The molecule has 1 saturated carbocycles. The van der Waals surface area contributed by atoms with Crippen LogP contribution in [-0.2, 0) is 0 Å². The Morgan fingerprint density at radius 2 is 1.64 bits per heavy atom. The van der Waals surface area contributed by atoms with E-state index in [-0.39, 0.29) is 17.4 Å². The maximum Gasteiger partial charge on any atom is 0.255 e. The standard InChI is InChI=1S/C25H21N5O2S/c31-22(17-6-8-20(9-7-17)27-24(32)19-4-2-1-3-5-19)16-33-25-29-28-23(30(25)21-10-11-21)18-12-14-26-15-13-18/h1-9,12-15,21H,10-11,16H2,(H,27,32). The minimum atomic E-state index is -0.186. The molecule has 1 aliphatic rings. The van der Waals surface area contributed by atoms with Crippen molar-refractivity contribution >= 4 is 29.1 Å². The van der Waals surface area contributed by atoms with Crippen LogP contribution in [0.5, 0.6) is 0 Å². The van der Waals surface area contributed by atoms with E-state index >= 15 is 0 Å². The Hall–Kier alpha value is -3.78. The second-order valence-electron chi connectivity index (χ2n) is 7.75. The molecule has 1 N–H and O–H groups in total. The highest BCUT2D eigenvalue weighted by molar-refractivity contribution is 7.99. The molecule has 1 aliphatic carbocycles. The summed E-state index contributed by atoms with van der Waals surface area (Å²) in [6, 6.07) is 20.2. The van der Waals surface area contributed by atoms with Crippen LogP contribution in [0.15, 0.2) is 84.3 Å². The summed E-state index contributed by atoms with van der Waals surface area (Å²) in [6.45, 7) is 0. The molecule has 0 unspecified atom stereocenters. The normalized spacial score (nSPS) is 13.0. The fourth-order valence-corrected chi connectivity index (χ4v) is 4.38. The monoisotopic (exact) mass is 455 g/mol. The molecule has 8 heteroatoms. The van der Waals surface area contributed by atoms with Crippen LogP contribution in [0.2, 0.25) is 0 Å². The van der Waals surface area contributed by atoms with Gasteiger partial charge in [0.25, 0.3) is 5.91 Å². The van der Waals surface area contributed by atoms with Crippen LogP contribution < -0.4 is 5.32 Å². The van der Waals surface area contributed by atoms with Crippen molar-refractivity contribution in [2.75, 3.05) is 11.1 Å². The zero-order valence-corrected chi connectivity index (χ0v) is 18.5. The van der Waals surface area contributed by atoms with Gasteiger partial charge in [0.15, 0.2) is 16.8 Å². The highest BCUT2D eigenvalue weighted by Gasteiger charge is 2.30. The van der Waals surface area contributed by atoms with Gasteiger partial charge in [0, 0.05) is 40.8 Å². The van der Waals surface area contributed by atoms with Crippen LogP contribution in [0.1, 0.15) is 39.6 Å². The number of nitrogens with zero attached hydrogens (tertiary/aromatic N) is 4. The molecule has 0 spiro atoms. The van der Waals surface area contributed by atoms with Crippen molar-refractivity contribution in [3.8, 4) is 11.4 Å².